The third-order valence-electron chi connectivity index (χ3n) is 4.44. The summed E-state index contributed by atoms with van der Waals surface area (Å²) in [4.78, 5) is 13.8. The quantitative estimate of drug-likeness (QED) is 0.414. The Morgan fingerprint density at radius 1 is 1.19 bits per heavy atom. The van der Waals surface area contributed by atoms with Crippen LogP contribution in [0.3, 0.4) is 0 Å². The summed E-state index contributed by atoms with van der Waals surface area (Å²) in [6, 6.07) is 6.04. The van der Waals surface area contributed by atoms with Crippen molar-refractivity contribution in [3.05, 3.63) is 36.0 Å². The van der Waals surface area contributed by atoms with E-state index in [-0.39, 0.29) is 24.0 Å². The van der Waals surface area contributed by atoms with Crippen molar-refractivity contribution in [1.82, 2.24) is 30.0 Å². The molecule has 2 aromatic heterocycles. The van der Waals surface area contributed by atoms with Gasteiger partial charge in [-0.1, -0.05) is 6.07 Å². The smallest absolute Gasteiger partial charge is 0.194 e. The van der Waals surface area contributed by atoms with Crippen LogP contribution in [0.5, 0.6) is 0 Å². The number of anilines is 1. The molecule has 1 aliphatic rings. The van der Waals surface area contributed by atoms with Crippen molar-refractivity contribution in [3.8, 4) is 0 Å². The molecule has 3 rings (SSSR count). The zero-order chi connectivity index (χ0) is 17.6. The molecule has 0 unspecified atom stereocenters. The Kier molecular flexibility index (Phi) is 7.61. The number of nitrogens with one attached hydrogen (secondary N) is 1. The van der Waals surface area contributed by atoms with Crippen molar-refractivity contribution in [1.29, 1.82) is 0 Å². The van der Waals surface area contributed by atoms with Crippen LogP contribution < -0.4 is 10.2 Å². The molecule has 0 amide bonds. The molecule has 0 saturated carbocycles. The molecule has 1 fully saturated rings. The molecule has 0 atom stereocenters. The molecule has 142 valence electrons. The van der Waals surface area contributed by atoms with Crippen LogP contribution in [-0.2, 0) is 13.6 Å². The molecule has 1 aliphatic heterocycles. The maximum atomic E-state index is 4.75. The fourth-order valence-electron chi connectivity index (χ4n) is 2.85. The van der Waals surface area contributed by atoms with E-state index in [0.717, 1.165) is 56.2 Å². The lowest BCUT2D eigenvalue weighted by Crippen LogP contribution is -2.52. The van der Waals surface area contributed by atoms with Crippen LogP contribution in [0.25, 0.3) is 0 Å². The molecular formula is C17H27IN8. The molecule has 2 aromatic rings. The first-order valence-electron chi connectivity index (χ1n) is 8.73. The van der Waals surface area contributed by atoms with Crippen LogP contribution in [0, 0.1) is 6.92 Å². The first-order chi connectivity index (χ1) is 12.2. The highest BCUT2D eigenvalue weighted by Crippen LogP contribution is 2.12. The number of hydrogen-bond donors (Lipinski definition) is 1. The van der Waals surface area contributed by atoms with Gasteiger partial charge >= 0.3 is 0 Å². The second-order valence-electron chi connectivity index (χ2n) is 6.05. The Morgan fingerprint density at radius 2 is 1.96 bits per heavy atom. The average molecular weight is 470 g/mol. The summed E-state index contributed by atoms with van der Waals surface area (Å²) >= 11 is 0. The molecular weight excluding hydrogens is 443 g/mol. The van der Waals surface area contributed by atoms with E-state index < -0.39 is 0 Å². The molecule has 9 heteroatoms. The Balaban J connectivity index is 0.00000243. The molecule has 0 aromatic carbocycles. The van der Waals surface area contributed by atoms with Crippen molar-refractivity contribution < 1.29 is 0 Å². The lowest BCUT2D eigenvalue weighted by molar-refractivity contribution is 0.371. The van der Waals surface area contributed by atoms with Gasteiger partial charge in [0.05, 0.1) is 0 Å². The van der Waals surface area contributed by atoms with E-state index in [9.17, 15) is 0 Å². The summed E-state index contributed by atoms with van der Waals surface area (Å²) in [6.07, 6.45) is 1.84. The van der Waals surface area contributed by atoms with Gasteiger partial charge in [-0.2, -0.15) is 0 Å². The second-order valence-corrected chi connectivity index (χ2v) is 6.05. The molecule has 8 nitrogen and oxygen atoms in total. The van der Waals surface area contributed by atoms with E-state index in [2.05, 4.69) is 43.3 Å². The lowest BCUT2D eigenvalue weighted by atomic mass is 10.3. The van der Waals surface area contributed by atoms with Gasteiger partial charge in [0.25, 0.3) is 0 Å². The van der Waals surface area contributed by atoms with Gasteiger partial charge in [-0.3, -0.25) is 0 Å². The average Bonchev–Trinajstić information content (AvgIpc) is 2.98. The highest BCUT2D eigenvalue weighted by Gasteiger charge is 2.20. The van der Waals surface area contributed by atoms with Gasteiger partial charge in [0, 0.05) is 46.0 Å². The maximum Gasteiger partial charge on any atom is 0.194 e. The number of hydrogen-bond acceptors (Lipinski definition) is 5. The number of nitrogens with zero attached hydrogens (tertiary/aromatic N) is 7. The highest BCUT2D eigenvalue weighted by molar-refractivity contribution is 14.0. The summed E-state index contributed by atoms with van der Waals surface area (Å²) in [5.41, 5.74) is 0. The second kappa shape index (κ2) is 9.70. The van der Waals surface area contributed by atoms with E-state index in [1.54, 1.807) is 0 Å². The molecule has 0 aliphatic carbocycles. The largest absolute Gasteiger partial charge is 0.357 e. The summed E-state index contributed by atoms with van der Waals surface area (Å²) in [6.45, 7) is 9.11. The zero-order valence-corrected chi connectivity index (χ0v) is 17.9. The fraction of sp³-hybridized carbons (Fsp3) is 0.529. The van der Waals surface area contributed by atoms with E-state index in [1.807, 2.05) is 36.9 Å². The first-order valence-corrected chi connectivity index (χ1v) is 8.73. The predicted octanol–water partition coefficient (Wildman–Crippen LogP) is 1.42. The molecule has 0 bridgehead atoms. The number of piperazine rings is 1. The number of aromatic nitrogens is 4. The highest BCUT2D eigenvalue weighted by atomic mass is 127. The van der Waals surface area contributed by atoms with Crippen molar-refractivity contribution in [2.45, 2.75) is 20.4 Å². The van der Waals surface area contributed by atoms with E-state index >= 15 is 0 Å². The number of aliphatic imine (C=N–C) groups is 1. The zero-order valence-electron chi connectivity index (χ0n) is 15.6. The number of pyridine rings is 1. The number of aryl methyl sites for hydroxylation is 1. The van der Waals surface area contributed by atoms with Crippen LogP contribution >= 0.6 is 24.0 Å². The van der Waals surface area contributed by atoms with Crippen molar-refractivity contribution >= 4 is 35.8 Å². The summed E-state index contributed by atoms with van der Waals surface area (Å²) < 4.78 is 1.98. The van der Waals surface area contributed by atoms with E-state index in [0.29, 0.717) is 6.54 Å². The maximum absolute atomic E-state index is 4.75. The Hall–Kier alpha value is -1.91. The number of rotatable bonds is 4. The van der Waals surface area contributed by atoms with Gasteiger partial charge in [0.1, 0.15) is 18.2 Å². The van der Waals surface area contributed by atoms with Crippen LogP contribution in [-0.4, -0.2) is 63.3 Å². The van der Waals surface area contributed by atoms with Crippen LogP contribution in [0.1, 0.15) is 18.6 Å². The van der Waals surface area contributed by atoms with Crippen LogP contribution in [0.4, 0.5) is 5.82 Å². The summed E-state index contributed by atoms with van der Waals surface area (Å²) in [7, 11) is 1.97. The Labute approximate surface area is 171 Å². The van der Waals surface area contributed by atoms with E-state index in [4.69, 9.17) is 4.99 Å². The molecule has 0 spiro atoms. The third-order valence-corrected chi connectivity index (χ3v) is 4.44. The molecule has 1 N–H and O–H groups in total. The SMILES string of the molecule is CCNC(=NCc1nnc(C)n1C)N1CCN(c2ccccn2)CC1.I. The number of halogens is 1. The fourth-order valence-corrected chi connectivity index (χ4v) is 2.85. The monoisotopic (exact) mass is 470 g/mol. The summed E-state index contributed by atoms with van der Waals surface area (Å²) in [5.74, 6) is 3.75. The summed E-state index contributed by atoms with van der Waals surface area (Å²) in [5, 5.41) is 11.7. The van der Waals surface area contributed by atoms with Crippen molar-refractivity contribution in [2.24, 2.45) is 12.0 Å². The predicted molar refractivity (Wildman–Crippen MR) is 114 cm³/mol. The molecule has 3 heterocycles. The minimum Gasteiger partial charge on any atom is -0.357 e. The van der Waals surface area contributed by atoms with Crippen molar-refractivity contribution in [2.75, 3.05) is 37.6 Å². The Bertz CT molecular complexity index is 707. The third kappa shape index (κ3) is 4.83. The Morgan fingerprint density at radius 3 is 2.54 bits per heavy atom. The molecule has 1 saturated heterocycles. The molecule has 26 heavy (non-hydrogen) atoms. The van der Waals surface area contributed by atoms with Crippen LogP contribution in [0.2, 0.25) is 0 Å². The van der Waals surface area contributed by atoms with Gasteiger partial charge in [-0.15, -0.1) is 34.2 Å². The normalized spacial score (nSPS) is 15.0. The van der Waals surface area contributed by atoms with Gasteiger partial charge in [0.15, 0.2) is 11.8 Å². The molecule has 0 radical (unpaired) electrons. The van der Waals surface area contributed by atoms with Gasteiger partial charge in [-0.05, 0) is 26.0 Å². The standard InChI is InChI=1S/C17H26N8.HI/c1-4-18-17(20-13-16-22-21-14(2)23(16)3)25-11-9-24(10-12-25)15-7-5-6-8-19-15;/h5-8H,4,9-13H2,1-3H3,(H,18,20);1H. The van der Waals surface area contributed by atoms with Gasteiger partial charge < -0.3 is 19.7 Å². The van der Waals surface area contributed by atoms with Gasteiger partial charge in [0.2, 0.25) is 0 Å². The van der Waals surface area contributed by atoms with Gasteiger partial charge in [-0.25, -0.2) is 9.98 Å². The topological polar surface area (TPSA) is 74.5 Å². The van der Waals surface area contributed by atoms with Crippen LogP contribution in [0.15, 0.2) is 29.4 Å². The minimum absolute atomic E-state index is 0. The minimum atomic E-state index is 0. The first kappa shape index (κ1) is 20.4. The van der Waals surface area contributed by atoms with Crippen molar-refractivity contribution in [3.63, 3.8) is 0 Å². The lowest BCUT2D eigenvalue weighted by Gasteiger charge is -2.37. The van der Waals surface area contributed by atoms with E-state index in [1.165, 1.54) is 0 Å². The number of guanidine groups is 1.